The lowest BCUT2D eigenvalue weighted by atomic mass is 10.0. The minimum atomic E-state index is -3.18. The van der Waals surface area contributed by atoms with E-state index >= 15 is 0 Å². The summed E-state index contributed by atoms with van der Waals surface area (Å²) < 4.78 is 26.5. The molecule has 1 atom stereocenters. The van der Waals surface area contributed by atoms with Crippen LogP contribution in [0.5, 0.6) is 0 Å². The predicted octanol–water partition coefficient (Wildman–Crippen LogP) is 1.99. The second-order valence-electron chi connectivity index (χ2n) is 4.48. The zero-order chi connectivity index (χ0) is 13.6. The molecule has 0 amide bonds. The fourth-order valence-corrected chi connectivity index (χ4v) is 4.30. The summed E-state index contributed by atoms with van der Waals surface area (Å²) in [6.07, 6.45) is 2.11. The molecule has 0 radical (unpaired) electrons. The number of hydrogen-bond acceptors (Lipinski definition) is 4. The van der Waals surface area contributed by atoms with Crippen molar-refractivity contribution in [2.45, 2.75) is 17.4 Å². The summed E-state index contributed by atoms with van der Waals surface area (Å²) in [5.41, 5.74) is 6.72. The van der Waals surface area contributed by atoms with E-state index in [2.05, 4.69) is 21.0 Å². The first-order chi connectivity index (χ1) is 9.00. The van der Waals surface area contributed by atoms with Crippen molar-refractivity contribution >= 4 is 31.6 Å². The quantitative estimate of drug-likeness (QED) is 0.860. The van der Waals surface area contributed by atoms with Crippen LogP contribution < -0.4 is 5.73 Å². The second-order valence-corrected chi connectivity index (χ2v) is 7.42. The zero-order valence-corrected chi connectivity index (χ0v) is 12.4. The van der Waals surface area contributed by atoms with E-state index in [0.717, 1.165) is 10.0 Å². The van der Waals surface area contributed by atoms with Crippen LogP contribution in [-0.2, 0) is 9.84 Å². The highest BCUT2D eigenvalue weighted by molar-refractivity contribution is 9.10. The SMILES string of the molecule is Nc1c(Br)cnn1C1CCS(=O)(=O)c2ccccc21. The van der Waals surface area contributed by atoms with E-state index in [1.165, 1.54) is 0 Å². The Labute approximate surface area is 119 Å². The van der Waals surface area contributed by atoms with E-state index in [0.29, 0.717) is 17.1 Å². The van der Waals surface area contributed by atoms with Crippen LogP contribution in [0.3, 0.4) is 0 Å². The fourth-order valence-electron chi connectivity index (χ4n) is 2.42. The molecule has 1 aromatic heterocycles. The number of aromatic nitrogens is 2. The van der Waals surface area contributed by atoms with Crippen molar-refractivity contribution in [2.24, 2.45) is 0 Å². The molecule has 0 spiro atoms. The van der Waals surface area contributed by atoms with Crippen LogP contribution >= 0.6 is 15.9 Å². The van der Waals surface area contributed by atoms with Gasteiger partial charge in [0.25, 0.3) is 0 Å². The predicted molar refractivity (Wildman–Crippen MR) is 75.6 cm³/mol. The maximum Gasteiger partial charge on any atom is 0.178 e. The van der Waals surface area contributed by atoms with Crippen LogP contribution in [0.1, 0.15) is 18.0 Å². The third kappa shape index (κ3) is 1.97. The van der Waals surface area contributed by atoms with Crippen LogP contribution in [0, 0.1) is 0 Å². The molecular formula is C12H12BrN3O2S. The van der Waals surface area contributed by atoms with Gasteiger partial charge >= 0.3 is 0 Å². The first-order valence-corrected chi connectivity index (χ1v) is 8.25. The average Bonchev–Trinajstić information content (AvgIpc) is 2.71. The van der Waals surface area contributed by atoms with Gasteiger partial charge in [0.15, 0.2) is 9.84 Å². The number of sulfone groups is 1. The number of rotatable bonds is 1. The summed E-state index contributed by atoms with van der Waals surface area (Å²) in [5.74, 6) is 0.630. The minimum absolute atomic E-state index is 0.117. The van der Waals surface area contributed by atoms with Crippen LogP contribution in [0.2, 0.25) is 0 Å². The molecule has 0 saturated heterocycles. The van der Waals surface area contributed by atoms with Crippen LogP contribution in [0.25, 0.3) is 0 Å². The standard InChI is InChI=1S/C12H12BrN3O2S/c13-9-7-15-16(12(9)14)10-5-6-19(17,18)11-4-2-1-3-8(10)11/h1-4,7,10H,5-6,14H2. The summed E-state index contributed by atoms with van der Waals surface area (Å²) >= 11 is 3.32. The molecule has 0 bridgehead atoms. The maximum atomic E-state index is 12.1. The number of nitrogen functional groups attached to an aromatic ring is 1. The third-order valence-corrected chi connectivity index (χ3v) is 5.78. The van der Waals surface area contributed by atoms with Crippen molar-refractivity contribution in [1.82, 2.24) is 9.78 Å². The average molecular weight is 342 g/mol. The molecule has 1 aliphatic rings. The van der Waals surface area contributed by atoms with Crippen LogP contribution in [-0.4, -0.2) is 24.0 Å². The number of fused-ring (bicyclic) bond motifs is 1. The van der Waals surface area contributed by atoms with E-state index in [1.54, 1.807) is 23.0 Å². The van der Waals surface area contributed by atoms with E-state index in [1.807, 2.05) is 12.1 Å². The molecule has 3 rings (SSSR count). The molecule has 1 aromatic carbocycles. The number of halogens is 1. The Balaban J connectivity index is 2.19. The lowest BCUT2D eigenvalue weighted by Crippen LogP contribution is -2.25. The molecule has 0 fully saturated rings. The van der Waals surface area contributed by atoms with Crippen LogP contribution in [0.4, 0.5) is 5.82 Å². The van der Waals surface area contributed by atoms with Crippen molar-refractivity contribution in [2.75, 3.05) is 11.5 Å². The molecule has 100 valence electrons. The Morgan fingerprint density at radius 2 is 2.11 bits per heavy atom. The summed E-state index contributed by atoms with van der Waals surface area (Å²) in [6.45, 7) is 0. The zero-order valence-electron chi connectivity index (χ0n) is 9.95. The lowest BCUT2D eigenvalue weighted by molar-refractivity contribution is 0.489. The van der Waals surface area contributed by atoms with Crippen LogP contribution in [0.15, 0.2) is 39.8 Å². The number of benzene rings is 1. The van der Waals surface area contributed by atoms with Gasteiger partial charge in [0.05, 0.1) is 27.4 Å². The van der Waals surface area contributed by atoms with Gasteiger partial charge in [0.1, 0.15) is 5.82 Å². The molecule has 19 heavy (non-hydrogen) atoms. The van der Waals surface area contributed by atoms with Gasteiger partial charge in [-0.25, -0.2) is 13.1 Å². The van der Waals surface area contributed by atoms with Gasteiger partial charge in [0, 0.05) is 0 Å². The number of nitrogens with two attached hydrogens (primary N) is 1. The summed E-state index contributed by atoms with van der Waals surface area (Å²) in [7, 11) is -3.18. The molecule has 0 aliphatic carbocycles. The van der Waals surface area contributed by atoms with Crippen molar-refractivity contribution in [1.29, 1.82) is 0 Å². The van der Waals surface area contributed by atoms with Gasteiger partial charge in [-0.05, 0) is 34.0 Å². The monoisotopic (exact) mass is 341 g/mol. The summed E-state index contributed by atoms with van der Waals surface area (Å²) in [5, 5.41) is 4.24. The van der Waals surface area contributed by atoms with Crippen molar-refractivity contribution < 1.29 is 8.42 Å². The maximum absolute atomic E-state index is 12.1. The molecule has 0 saturated carbocycles. The van der Waals surface area contributed by atoms with Crippen molar-refractivity contribution in [3.8, 4) is 0 Å². The highest BCUT2D eigenvalue weighted by Crippen LogP contribution is 2.36. The first-order valence-electron chi connectivity index (χ1n) is 5.81. The van der Waals surface area contributed by atoms with E-state index in [-0.39, 0.29) is 11.8 Å². The Morgan fingerprint density at radius 3 is 2.79 bits per heavy atom. The van der Waals surface area contributed by atoms with E-state index in [9.17, 15) is 8.42 Å². The molecule has 7 heteroatoms. The van der Waals surface area contributed by atoms with E-state index in [4.69, 9.17) is 5.73 Å². The largest absolute Gasteiger partial charge is 0.383 e. The molecule has 2 aromatic rings. The van der Waals surface area contributed by atoms with Gasteiger partial charge < -0.3 is 5.73 Å². The van der Waals surface area contributed by atoms with Crippen molar-refractivity contribution in [3.63, 3.8) is 0 Å². The highest BCUT2D eigenvalue weighted by Gasteiger charge is 2.32. The third-order valence-electron chi connectivity index (χ3n) is 3.36. The van der Waals surface area contributed by atoms with Gasteiger partial charge in [-0.2, -0.15) is 5.10 Å². The lowest BCUT2D eigenvalue weighted by Gasteiger charge is -2.26. The summed E-state index contributed by atoms with van der Waals surface area (Å²) in [6, 6.07) is 6.91. The number of anilines is 1. The van der Waals surface area contributed by atoms with Gasteiger partial charge in [-0.15, -0.1) is 0 Å². The number of nitrogens with zero attached hydrogens (tertiary/aromatic N) is 2. The summed E-state index contributed by atoms with van der Waals surface area (Å²) in [4.78, 5) is 0.386. The molecule has 5 nitrogen and oxygen atoms in total. The Morgan fingerprint density at radius 1 is 1.37 bits per heavy atom. The van der Waals surface area contributed by atoms with Gasteiger partial charge in [-0.1, -0.05) is 18.2 Å². The normalized spacial score (nSPS) is 21.0. The first kappa shape index (κ1) is 12.7. The molecule has 2 heterocycles. The molecule has 2 N–H and O–H groups in total. The second kappa shape index (κ2) is 4.35. The highest BCUT2D eigenvalue weighted by atomic mass is 79.9. The van der Waals surface area contributed by atoms with Gasteiger partial charge in [-0.3, -0.25) is 0 Å². The van der Waals surface area contributed by atoms with E-state index < -0.39 is 9.84 Å². The Bertz CT molecular complexity index is 739. The Kier molecular flexibility index (Phi) is 2.90. The number of hydrogen-bond donors (Lipinski definition) is 1. The molecule has 1 unspecified atom stereocenters. The molecule has 1 aliphatic heterocycles. The van der Waals surface area contributed by atoms with Crippen molar-refractivity contribution in [3.05, 3.63) is 40.5 Å². The minimum Gasteiger partial charge on any atom is -0.383 e. The van der Waals surface area contributed by atoms with Gasteiger partial charge in [0.2, 0.25) is 0 Å². The smallest absolute Gasteiger partial charge is 0.178 e. The topological polar surface area (TPSA) is 78.0 Å². The fraction of sp³-hybridized carbons (Fsp3) is 0.250. The molecular weight excluding hydrogens is 330 g/mol. The Hall–Kier alpha value is -1.34.